The first-order valence-corrected chi connectivity index (χ1v) is 20.8. The van der Waals surface area contributed by atoms with Gasteiger partial charge in [-0.3, -0.25) is 9.59 Å². The highest BCUT2D eigenvalue weighted by Gasteiger charge is 2.46. The zero-order valence-corrected chi connectivity index (χ0v) is 35.0. The monoisotopic (exact) mass is 772 g/mol. The number of hydrogen-bond acceptors (Lipinski definition) is 6. The average Bonchev–Trinajstić information content (AvgIpc) is 3.07. The summed E-state index contributed by atoms with van der Waals surface area (Å²) in [6.07, 6.45) is 41.5. The second-order valence-electron chi connectivity index (χ2n) is 14.9. The van der Waals surface area contributed by atoms with Crippen molar-refractivity contribution in [2.24, 2.45) is 5.73 Å². The molecule has 0 aliphatic heterocycles. The number of unbranched alkanes of at least 4 members (excludes halogenated alkanes) is 22. The Morgan fingerprint density at radius 1 is 0.560 bits per heavy atom. The number of carbonyl (C=O) groups is 2. The van der Waals surface area contributed by atoms with E-state index in [1.54, 1.807) is 13.8 Å². The van der Waals surface area contributed by atoms with E-state index in [0.717, 1.165) is 57.8 Å². The van der Waals surface area contributed by atoms with Gasteiger partial charge >= 0.3 is 11.9 Å². The molecule has 0 aliphatic rings. The molecule has 0 aromatic heterocycles. The molecule has 2 unspecified atom stereocenters. The Bertz CT molecular complexity index is 830. The predicted molar refractivity (Wildman–Crippen MR) is 219 cm³/mol. The lowest BCUT2D eigenvalue weighted by Crippen LogP contribution is -2.62. The quantitative estimate of drug-likeness (QED) is 0.0374. The third kappa shape index (κ3) is 30.4. The average molecular weight is 773 g/mol. The fraction of sp³-hybridized carbons (Fsp3) is 0.860. The smallest absolute Gasteiger partial charge is 0.306 e. The molecule has 0 rings (SSSR count). The van der Waals surface area contributed by atoms with E-state index in [0.29, 0.717) is 12.8 Å². The molecule has 0 amide bonds. The van der Waals surface area contributed by atoms with Crippen LogP contribution in [0.5, 0.6) is 0 Å². The van der Waals surface area contributed by atoms with Crippen LogP contribution in [-0.4, -0.2) is 41.4 Å². The van der Waals surface area contributed by atoms with Gasteiger partial charge in [-0.1, -0.05) is 141 Å². The lowest BCUT2D eigenvalue weighted by molar-refractivity contribution is -0.180. The number of nitrogens with two attached hydrogens (primary N) is 1. The van der Waals surface area contributed by atoms with Crippen molar-refractivity contribution >= 4 is 28.9 Å². The van der Waals surface area contributed by atoms with Gasteiger partial charge in [0.15, 0.2) is 5.60 Å². The van der Waals surface area contributed by atoms with Crippen molar-refractivity contribution in [1.82, 2.24) is 0 Å². The molecule has 0 aliphatic carbocycles. The van der Waals surface area contributed by atoms with Crippen LogP contribution in [0.3, 0.4) is 0 Å². The Morgan fingerprint density at radius 2 is 0.900 bits per heavy atom. The minimum atomic E-state index is -1.22. The molecule has 2 atom stereocenters. The van der Waals surface area contributed by atoms with Crippen LogP contribution in [0.25, 0.3) is 0 Å². The lowest BCUT2D eigenvalue weighted by Gasteiger charge is -2.42. The van der Waals surface area contributed by atoms with E-state index in [2.05, 4.69) is 38.2 Å². The highest BCUT2D eigenvalue weighted by atomic mass is 79.9. The predicted octanol–water partition coefficient (Wildman–Crippen LogP) is 12.6. The fourth-order valence-electron chi connectivity index (χ4n) is 6.08. The van der Waals surface area contributed by atoms with E-state index < -0.39 is 11.1 Å². The Hall–Kier alpha value is -1.18. The van der Waals surface area contributed by atoms with Gasteiger partial charge in [-0.15, -0.1) is 17.0 Å². The van der Waals surface area contributed by atoms with E-state index in [1.807, 2.05) is 0 Å². The minimum Gasteiger partial charge on any atom is -0.461 e. The Morgan fingerprint density at radius 3 is 1.28 bits per heavy atom. The number of halogens is 1. The van der Waals surface area contributed by atoms with Gasteiger partial charge < -0.3 is 20.3 Å². The molecule has 0 bridgehead atoms. The topological polar surface area (TPSA) is 98.9 Å². The first kappa shape index (κ1) is 50.9. The maximum atomic E-state index is 12.8. The Labute approximate surface area is 320 Å². The maximum Gasteiger partial charge on any atom is 0.306 e. The van der Waals surface area contributed by atoms with Crippen molar-refractivity contribution in [2.45, 2.75) is 225 Å². The second kappa shape index (κ2) is 36.2. The molecule has 3 N–H and O–H groups in total. The SMILES string of the molecule is Br.CCCCCCCC/C=C\CCCCCCCC(=O)OCC(C)(OC(=O)CCCCCCC/C=C\CCCCCCCC)C(C)(N)CCO. The van der Waals surface area contributed by atoms with E-state index in [4.69, 9.17) is 15.2 Å². The molecule has 296 valence electrons. The van der Waals surface area contributed by atoms with E-state index in [9.17, 15) is 14.7 Å². The Balaban J connectivity index is 0. The molecule has 50 heavy (non-hydrogen) atoms. The summed E-state index contributed by atoms with van der Waals surface area (Å²) in [6.45, 7) is 7.73. The van der Waals surface area contributed by atoms with Crippen LogP contribution in [0.1, 0.15) is 214 Å². The maximum absolute atomic E-state index is 12.8. The largest absolute Gasteiger partial charge is 0.461 e. The zero-order chi connectivity index (χ0) is 36.3. The van der Waals surface area contributed by atoms with Crippen LogP contribution in [0.2, 0.25) is 0 Å². The number of ether oxygens (including phenoxy) is 2. The summed E-state index contributed by atoms with van der Waals surface area (Å²) in [4.78, 5) is 25.4. The van der Waals surface area contributed by atoms with E-state index >= 15 is 0 Å². The Kier molecular flexibility index (Phi) is 36.9. The van der Waals surface area contributed by atoms with Crippen LogP contribution in [-0.2, 0) is 19.1 Å². The number of allylic oxidation sites excluding steroid dienone is 4. The summed E-state index contributed by atoms with van der Waals surface area (Å²) in [5.41, 5.74) is 4.27. The van der Waals surface area contributed by atoms with Crippen LogP contribution >= 0.6 is 17.0 Å². The molecule has 0 aromatic carbocycles. The molecule has 7 heteroatoms. The second-order valence-corrected chi connectivity index (χ2v) is 14.9. The van der Waals surface area contributed by atoms with Gasteiger partial charge in [-0.25, -0.2) is 0 Å². The molecule has 0 heterocycles. The third-order valence-corrected chi connectivity index (χ3v) is 9.97. The number of hydrogen-bond donors (Lipinski definition) is 2. The van der Waals surface area contributed by atoms with Gasteiger partial charge in [0.2, 0.25) is 0 Å². The van der Waals surface area contributed by atoms with Crippen molar-refractivity contribution in [3.63, 3.8) is 0 Å². The fourth-order valence-corrected chi connectivity index (χ4v) is 6.08. The number of aliphatic hydroxyl groups is 1. The summed E-state index contributed by atoms with van der Waals surface area (Å²) in [5.74, 6) is -0.625. The number of rotatable bonds is 36. The van der Waals surface area contributed by atoms with Gasteiger partial charge in [0, 0.05) is 19.4 Å². The summed E-state index contributed by atoms with van der Waals surface area (Å²) in [5, 5.41) is 9.59. The molecule has 0 spiro atoms. The number of esters is 2. The van der Waals surface area contributed by atoms with Crippen LogP contribution in [0.15, 0.2) is 24.3 Å². The van der Waals surface area contributed by atoms with Crippen LogP contribution < -0.4 is 5.73 Å². The van der Waals surface area contributed by atoms with Crippen molar-refractivity contribution < 1.29 is 24.2 Å². The third-order valence-electron chi connectivity index (χ3n) is 9.97. The molecule has 0 saturated heterocycles. The van der Waals surface area contributed by atoms with Crippen molar-refractivity contribution in [2.75, 3.05) is 13.2 Å². The summed E-state index contributed by atoms with van der Waals surface area (Å²) in [7, 11) is 0. The minimum absolute atomic E-state index is 0. The summed E-state index contributed by atoms with van der Waals surface area (Å²) < 4.78 is 11.5. The normalized spacial score (nSPS) is 14.0. The summed E-state index contributed by atoms with van der Waals surface area (Å²) in [6, 6.07) is 0. The highest BCUT2D eigenvalue weighted by Crippen LogP contribution is 2.29. The first-order valence-electron chi connectivity index (χ1n) is 20.8. The molecular formula is C43H82BrNO5. The zero-order valence-electron chi connectivity index (χ0n) is 33.3. The summed E-state index contributed by atoms with van der Waals surface area (Å²) >= 11 is 0. The van der Waals surface area contributed by atoms with Gasteiger partial charge in [0.25, 0.3) is 0 Å². The van der Waals surface area contributed by atoms with Gasteiger partial charge in [-0.2, -0.15) is 0 Å². The van der Waals surface area contributed by atoms with E-state index in [-0.39, 0.29) is 48.6 Å². The molecule has 0 radical (unpaired) electrons. The molecule has 0 saturated carbocycles. The highest BCUT2D eigenvalue weighted by molar-refractivity contribution is 8.93. The first-order chi connectivity index (χ1) is 23.7. The molecule has 0 fully saturated rings. The number of carbonyl (C=O) groups excluding carboxylic acids is 2. The van der Waals surface area contributed by atoms with Crippen molar-refractivity contribution in [1.29, 1.82) is 0 Å². The van der Waals surface area contributed by atoms with Crippen LogP contribution in [0.4, 0.5) is 0 Å². The van der Waals surface area contributed by atoms with E-state index in [1.165, 1.54) is 109 Å². The van der Waals surface area contributed by atoms with Crippen molar-refractivity contribution in [3.05, 3.63) is 24.3 Å². The van der Waals surface area contributed by atoms with Crippen molar-refractivity contribution in [3.8, 4) is 0 Å². The van der Waals surface area contributed by atoms with Gasteiger partial charge in [0.05, 0.1) is 5.54 Å². The molecule has 6 nitrogen and oxygen atoms in total. The lowest BCUT2D eigenvalue weighted by atomic mass is 9.81. The van der Waals surface area contributed by atoms with Gasteiger partial charge in [-0.05, 0) is 84.5 Å². The molecular weight excluding hydrogens is 690 g/mol. The van der Waals surface area contributed by atoms with Crippen LogP contribution in [0, 0.1) is 0 Å². The standard InChI is InChI=1S/C43H81NO5.BrH/c1-5-7-9-11-13-15-17-19-21-23-25-27-29-31-33-35-40(46)48-39-43(4,42(3,44)37-38-45)49-41(47)36-34-32-30-28-26-24-22-20-18-16-14-12-10-8-6-2;/h19-22,45H,5-18,23-39,44H2,1-4H3;1H/b21-19-,22-20-;. The molecule has 0 aromatic rings. The van der Waals surface area contributed by atoms with Gasteiger partial charge in [0.1, 0.15) is 6.61 Å². The number of aliphatic hydroxyl groups excluding tert-OH is 1.